The fraction of sp³-hybridized carbons (Fsp3) is 0.733. The van der Waals surface area contributed by atoms with Crippen LogP contribution in [0.2, 0.25) is 0 Å². The van der Waals surface area contributed by atoms with Crippen molar-refractivity contribution in [3.8, 4) is 0 Å². The largest absolute Gasteiger partial charge is 0.337 e. The molecular formula is C15H24N4O3S. The third-order valence-electron chi connectivity index (χ3n) is 4.75. The summed E-state index contributed by atoms with van der Waals surface area (Å²) in [5.74, 6) is 0.701. The van der Waals surface area contributed by atoms with Gasteiger partial charge in [0, 0.05) is 31.9 Å². The average molecular weight is 340 g/mol. The summed E-state index contributed by atoms with van der Waals surface area (Å²) in [7, 11) is -3.27. The molecule has 3 rings (SSSR count). The van der Waals surface area contributed by atoms with Gasteiger partial charge in [0.2, 0.25) is 10.0 Å². The molecule has 128 valence electrons. The van der Waals surface area contributed by atoms with E-state index in [0.29, 0.717) is 24.6 Å². The van der Waals surface area contributed by atoms with Crippen LogP contribution >= 0.6 is 0 Å². The maximum atomic E-state index is 12.8. The molecule has 1 saturated carbocycles. The molecule has 23 heavy (non-hydrogen) atoms. The molecule has 2 atom stereocenters. The number of likely N-dealkylation sites (tertiary alicyclic amines) is 1. The summed E-state index contributed by atoms with van der Waals surface area (Å²) in [5.41, 5.74) is 1.33. The van der Waals surface area contributed by atoms with E-state index < -0.39 is 10.0 Å². The zero-order chi connectivity index (χ0) is 16.8. The second-order valence-electron chi connectivity index (χ2n) is 6.69. The van der Waals surface area contributed by atoms with Crippen molar-refractivity contribution in [2.75, 3.05) is 19.3 Å². The molecule has 1 aliphatic heterocycles. The van der Waals surface area contributed by atoms with Crippen LogP contribution in [0.3, 0.4) is 0 Å². The van der Waals surface area contributed by atoms with Crippen LogP contribution in [0, 0.1) is 18.8 Å². The number of amides is 1. The van der Waals surface area contributed by atoms with Gasteiger partial charge in [-0.25, -0.2) is 13.1 Å². The Morgan fingerprint density at radius 3 is 2.61 bits per heavy atom. The van der Waals surface area contributed by atoms with E-state index in [9.17, 15) is 13.2 Å². The molecule has 2 fully saturated rings. The van der Waals surface area contributed by atoms with Gasteiger partial charge in [0.25, 0.3) is 5.91 Å². The van der Waals surface area contributed by atoms with Gasteiger partial charge in [-0.3, -0.25) is 9.48 Å². The van der Waals surface area contributed by atoms with Crippen molar-refractivity contribution in [3.05, 3.63) is 17.5 Å². The highest BCUT2D eigenvalue weighted by molar-refractivity contribution is 7.88. The summed E-state index contributed by atoms with van der Waals surface area (Å²) in [4.78, 5) is 14.6. The van der Waals surface area contributed by atoms with Crippen LogP contribution in [0.15, 0.2) is 6.20 Å². The molecule has 0 spiro atoms. The number of carbonyl (C=O) groups is 1. The molecule has 2 heterocycles. The van der Waals surface area contributed by atoms with Crippen molar-refractivity contribution >= 4 is 15.9 Å². The van der Waals surface area contributed by atoms with Crippen molar-refractivity contribution in [2.45, 2.75) is 39.3 Å². The van der Waals surface area contributed by atoms with Gasteiger partial charge in [0.05, 0.1) is 17.5 Å². The van der Waals surface area contributed by atoms with Crippen LogP contribution in [-0.4, -0.2) is 54.4 Å². The number of nitrogens with zero attached hydrogens (tertiary/aromatic N) is 3. The smallest absolute Gasteiger partial charge is 0.257 e. The third kappa shape index (κ3) is 3.58. The highest BCUT2D eigenvalue weighted by atomic mass is 32.2. The highest BCUT2D eigenvalue weighted by Crippen LogP contribution is 2.41. The molecule has 8 heteroatoms. The van der Waals surface area contributed by atoms with E-state index in [1.807, 2.05) is 13.8 Å². The number of sulfonamides is 1. The topological polar surface area (TPSA) is 84.3 Å². The summed E-state index contributed by atoms with van der Waals surface area (Å²) in [6.07, 6.45) is 5.21. The molecule has 0 radical (unpaired) electrons. The SMILES string of the molecule is CCn1cc(C(=O)N2C[C@H](NS(C)(=O)=O)[C@@H](C3CC3)C2)c(C)n1. The molecule has 1 aliphatic carbocycles. The maximum absolute atomic E-state index is 12.8. The van der Waals surface area contributed by atoms with Crippen molar-refractivity contribution < 1.29 is 13.2 Å². The van der Waals surface area contributed by atoms with Crippen LogP contribution < -0.4 is 4.72 Å². The number of rotatable bonds is 5. The van der Waals surface area contributed by atoms with E-state index in [0.717, 1.165) is 25.1 Å². The van der Waals surface area contributed by atoms with Gasteiger partial charge in [0.1, 0.15) is 0 Å². The third-order valence-corrected chi connectivity index (χ3v) is 5.48. The first-order chi connectivity index (χ1) is 10.8. The molecule has 1 aromatic rings. The number of hydrogen-bond acceptors (Lipinski definition) is 4. The minimum absolute atomic E-state index is 0.0503. The first kappa shape index (κ1) is 16.4. The first-order valence-corrected chi connectivity index (χ1v) is 9.98. The lowest BCUT2D eigenvalue weighted by molar-refractivity contribution is 0.0783. The fourth-order valence-corrected chi connectivity index (χ4v) is 4.26. The standard InChI is InChI=1S/C15H24N4O3S/c1-4-19-8-12(10(2)16-19)15(20)18-7-13(11-5-6-11)14(9-18)17-23(3,21)22/h8,11,13-14,17H,4-7,9H2,1-3H3/t13-,14+/m1/s1. The summed E-state index contributed by atoms with van der Waals surface area (Å²) in [5, 5.41) is 4.32. The van der Waals surface area contributed by atoms with Gasteiger partial charge < -0.3 is 4.90 Å². The summed E-state index contributed by atoms with van der Waals surface area (Å²) < 4.78 is 27.6. The molecule has 1 saturated heterocycles. The van der Waals surface area contributed by atoms with E-state index in [4.69, 9.17) is 0 Å². The van der Waals surface area contributed by atoms with E-state index >= 15 is 0 Å². The van der Waals surface area contributed by atoms with Crippen molar-refractivity contribution in [3.63, 3.8) is 0 Å². The Labute approximate surface area is 137 Å². The Morgan fingerprint density at radius 2 is 2.09 bits per heavy atom. The molecule has 0 bridgehead atoms. The predicted octanol–water partition coefficient (Wildman–Crippen LogP) is 0.611. The monoisotopic (exact) mass is 340 g/mol. The van der Waals surface area contributed by atoms with Crippen LogP contribution in [0.4, 0.5) is 0 Å². The van der Waals surface area contributed by atoms with Crippen LogP contribution in [0.1, 0.15) is 35.8 Å². The van der Waals surface area contributed by atoms with E-state index in [2.05, 4.69) is 9.82 Å². The predicted molar refractivity (Wildman–Crippen MR) is 86.5 cm³/mol. The fourth-order valence-electron chi connectivity index (χ4n) is 3.46. The second-order valence-corrected chi connectivity index (χ2v) is 8.47. The lowest BCUT2D eigenvalue weighted by atomic mass is 9.99. The lowest BCUT2D eigenvalue weighted by Crippen LogP contribution is -2.41. The minimum atomic E-state index is -3.27. The highest BCUT2D eigenvalue weighted by Gasteiger charge is 2.45. The van der Waals surface area contributed by atoms with Gasteiger partial charge in [0.15, 0.2) is 0 Å². The summed E-state index contributed by atoms with van der Waals surface area (Å²) >= 11 is 0. The van der Waals surface area contributed by atoms with Crippen molar-refractivity contribution in [2.24, 2.45) is 11.8 Å². The second kappa shape index (κ2) is 5.90. The van der Waals surface area contributed by atoms with E-state index in [1.165, 1.54) is 6.26 Å². The quantitative estimate of drug-likeness (QED) is 0.851. The van der Waals surface area contributed by atoms with Crippen molar-refractivity contribution in [1.82, 2.24) is 19.4 Å². The van der Waals surface area contributed by atoms with Crippen LogP contribution in [0.5, 0.6) is 0 Å². The normalized spacial score (nSPS) is 25.1. The number of hydrogen-bond donors (Lipinski definition) is 1. The van der Waals surface area contributed by atoms with E-state index in [-0.39, 0.29) is 17.9 Å². The van der Waals surface area contributed by atoms with Gasteiger partial charge in [-0.15, -0.1) is 0 Å². The number of aryl methyl sites for hydroxylation is 2. The summed E-state index contributed by atoms with van der Waals surface area (Å²) in [6, 6.07) is -0.178. The molecule has 1 N–H and O–H groups in total. The van der Waals surface area contributed by atoms with E-state index in [1.54, 1.807) is 15.8 Å². The molecule has 7 nitrogen and oxygen atoms in total. The number of nitrogens with one attached hydrogen (secondary N) is 1. The van der Waals surface area contributed by atoms with Gasteiger partial charge in [-0.05, 0) is 38.5 Å². The molecule has 0 aromatic carbocycles. The zero-order valence-electron chi connectivity index (χ0n) is 13.8. The molecule has 1 amide bonds. The molecule has 1 aromatic heterocycles. The first-order valence-electron chi connectivity index (χ1n) is 8.09. The summed E-state index contributed by atoms with van der Waals surface area (Å²) in [6.45, 7) is 5.58. The van der Waals surface area contributed by atoms with Crippen molar-refractivity contribution in [1.29, 1.82) is 0 Å². The Hall–Kier alpha value is -1.41. The van der Waals surface area contributed by atoms with Gasteiger partial charge in [-0.1, -0.05) is 0 Å². The van der Waals surface area contributed by atoms with Crippen LogP contribution in [0.25, 0.3) is 0 Å². The average Bonchev–Trinajstić information content (AvgIpc) is 3.11. The van der Waals surface area contributed by atoms with Gasteiger partial charge >= 0.3 is 0 Å². The Balaban J connectivity index is 1.77. The molecular weight excluding hydrogens is 316 g/mol. The maximum Gasteiger partial charge on any atom is 0.257 e. The Kier molecular flexibility index (Phi) is 4.22. The molecule has 2 aliphatic rings. The minimum Gasteiger partial charge on any atom is -0.337 e. The Morgan fingerprint density at radius 1 is 1.39 bits per heavy atom. The number of aromatic nitrogens is 2. The number of carbonyl (C=O) groups excluding carboxylic acids is 1. The zero-order valence-corrected chi connectivity index (χ0v) is 14.6. The molecule has 0 unspecified atom stereocenters. The Bertz CT molecular complexity index is 708. The lowest BCUT2D eigenvalue weighted by Gasteiger charge is -2.17. The van der Waals surface area contributed by atoms with Gasteiger partial charge in [-0.2, -0.15) is 5.10 Å². The van der Waals surface area contributed by atoms with Crippen LogP contribution in [-0.2, 0) is 16.6 Å².